The van der Waals surface area contributed by atoms with Crippen LogP contribution in [0.2, 0.25) is 0 Å². The lowest BCUT2D eigenvalue weighted by Gasteiger charge is -2.27. The number of nitrogens with zero attached hydrogens (tertiary/aromatic N) is 2. The van der Waals surface area contributed by atoms with Gasteiger partial charge in [0, 0.05) is 16.6 Å². The first-order valence-electron chi connectivity index (χ1n) is 12.7. The van der Waals surface area contributed by atoms with Gasteiger partial charge in [0.1, 0.15) is 5.76 Å². The smallest absolute Gasteiger partial charge is 0.295 e. The molecule has 1 N–H and O–H groups in total. The molecule has 0 aliphatic carbocycles. The van der Waals surface area contributed by atoms with Crippen LogP contribution in [0.1, 0.15) is 68.7 Å². The number of hydrogen-bond donors (Lipinski definition) is 1. The minimum atomic E-state index is -0.623. The van der Waals surface area contributed by atoms with Crippen molar-refractivity contribution in [1.82, 2.24) is 9.80 Å². The first kappa shape index (κ1) is 27.2. The Morgan fingerprint density at radius 2 is 1.60 bits per heavy atom. The highest BCUT2D eigenvalue weighted by atomic mass is 79.9. The van der Waals surface area contributed by atoms with E-state index in [4.69, 9.17) is 0 Å². The number of rotatable bonds is 12. The van der Waals surface area contributed by atoms with Gasteiger partial charge >= 0.3 is 0 Å². The normalized spacial score (nSPS) is 17.5. The molecule has 1 saturated heterocycles. The molecule has 1 amide bonds. The Kier molecular flexibility index (Phi) is 10.1. The highest BCUT2D eigenvalue weighted by Crippen LogP contribution is 2.40. The minimum absolute atomic E-state index is 0.122. The monoisotopic (exact) mass is 540 g/mol. The molecule has 0 aromatic heterocycles. The van der Waals surface area contributed by atoms with Gasteiger partial charge in [-0.15, -0.1) is 0 Å². The van der Waals surface area contributed by atoms with E-state index in [0.29, 0.717) is 12.1 Å². The standard InChI is InChI=1S/C29H37BrN2O3/c1-4-6-16-31(17-7-5-2)18-9-19-32-26(23-10-8-11-24(30)20-23)25(28(34)29(32)35)27(33)22-14-12-21(3)13-15-22/h8,10-15,20,26,33H,4-7,9,16-19H2,1-3H3/t26-/m1/s1. The number of amides is 1. The summed E-state index contributed by atoms with van der Waals surface area (Å²) in [5.41, 5.74) is 2.56. The van der Waals surface area contributed by atoms with Gasteiger partial charge < -0.3 is 14.9 Å². The van der Waals surface area contributed by atoms with Crippen LogP contribution in [0.25, 0.3) is 5.76 Å². The third-order valence-corrected chi connectivity index (χ3v) is 7.05. The zero-order valence-electron chi connectivity index (χ0n) is 21.1. The third-order valence-electron chi connectivity index (χ3n) is 6.56. The lowest BCUT2D eigenvalue weighted by molar-refractivity contribution is -0.140. The zero-order valence-corrected chi connectivity index (χ0v) is 22.7. The van der Waals surface area contributed by atoms with E-state index >= 15 is 0 Å². The predicted molar refractivity (Wildman–Crippen MR) is 145 cm³/mol. The topological polar surface area (TPSA) is 60.9 Å². The van der Waals surface area contributed by atoms with Crippen LogP contribution in [0.15, 0.2) is 58.6 Å². The number of carbonyl (C=O) groups is 2. The average molecular weight is 542 g/mol. The number of benzene rings is 2. The second-order valence-corrected chi connectivity index (χ2v) is 10.2. The second kappa shape index (κ2) is 13.0. The molecular weight excluding hydrogens is 504 g/mol. The third kappa shape index (κ3) is 6.83. The maximum atomic E-state index is 13.2. The molecule has 0 saturated carbocycles. The molecule has 35 heavy (non-hydrogen) atoms. The number of aliphatic hydroxyl groups is 1. The predicted octanol–water partition coefficient (Wildman–Crippen LogP) is 6.47. The minimum Gasteiger partial charge on any atom is -0.507 e. The van der Waals surface area contributed by atoms with E-state index in [1.165, 1.54) is 0 Å². The van der Waals surface area contributed by atoms with Crippen LogP contribution in [-0.2, 0) is 9.59 Å². The Balaban J connectivity index is 1.91. The number of halogens is 1. The summed E-state index contributed by atoms with van der Waals surface area (Å²) in [4.78, 5) is 30.5. The van der Waals surface area contributed by atoms with Gasteiger partial charge in [0.2, 0.25) is 0 Å². The van der Waals surface area contributed by atoms with E-state index in [-0.39, 0.29) is 11.3 Å². The number of ketones is 1. The number of aryl methyl sites for hydroxylation is 1. The quantitative estimate of drug-likeness (QED) is 0.190. The molecule has 5 nitrogen and oxygen atoms in total. The molecule has 1 aliphatic rings. The first-order chi connectivity index (χ1) is 16.9. The molecule has 3 rings (SSSR count). The van der Waals surface area contributed by atoms with Crippen molar-refractivity contribution in [2.24, 2.45) is 0 Å². The van der Waals surface area contributed by atoms with Crippen molar-refractivity contribution in [2.75, 3.05) is 26.2 Å². The fourth-order valence-corrected chi connectivity index (χ4v) is 4.98. The summed E-state index contributed by atoms with van der Waals surface area (Å²) in [5.74, 6) is -1.29. The molecule has 0 bridgehead atoms. The molecule has 1 fully saturated rings. The number of aliphatic hydroxyl groups excluding tert-OH is 1. The molecule has 188 valence electrons. The Morgan fingerprint density at radius 3 is 2.20 bits per heavy atom. The fourth-order valence-electron chi connectivity index (χ4n) is 4.56. The van der Waals surface area contributed by atoms with Crippen molar-refractivity contribution in [1.29, 1.82) is 0 Å². The summed E-state index contributed by atoms with van der Waals surface area (Å²) >= 11 is 3.52. The van der Waals surface area contributed by atoms with Crippen molar-refractivity contribution in [3.63, 3.8) is 0 Å². The van der Waals surface area contributed by atoms with Gasteiger partial charge in [-0.3, -0.25) is 9.59 Å². The van der Waals surface area contributed by atoms with E-state index in [2.05, 4.69) is 34.7 Å². The SMILES string of the molecule is CCCCN(CCCC)CCCN1C(=O)C(=O)C(=C(O)c2ccc(C)cc2)[C@H]1c1cccc(Br)c1. The fraction of sp³-hybridized carbons (Fsp3) is 0.448. The molecule has 0 radical (unpaired) electrons. The van der Waals surface area contributed by atoms with Gasteiger partial charge in [-0.1, -0.05) is 84.6 Å². The van der Waals surface area contributed by atoms with Crippen LogP contribution in [-0.4, -0.2) is 52.8 Å². The molecule has 1 atom stereocenters. The zero-order chi connectivity index (χ0) is 25.4. The summed E-state index contributed by atoms with van der Waals surface area (Å²) in [7, 11) is 0. The van der Waals surface area contributed by atoms with E-state index in [9.17, 15) is 14.7 Å². The molecule has 2 aromatic carbocycles. The van der Waals surface area contributed by atoms with Crippen molar-refractivity contribution in [2.45, 2.75) is 58.9 Å². The van der Waals surface area contributed by atoms with Crippen molar-refractivity contribution in [3.8, 4) is 0 Å². The van der Waals surface area contributed by atoms with Gasteiger partial charge in [-0.25, -0.2) is 0 Å². The lowest BCUT2D eigenvalue weighted by atomic mass is 9.95. The number of Topliss-reactive ketones (excluding diaryl/α,β-unsaturated/α-hetero) is 1. The van der Waals surface area contributed by atoms with Crippen molar-refractivity contribution in [3.05, 3.63) is 75.3 Å². The number of carbonyl (C=O) groups excluding carboxylic acids is 2. The van der Waals surface area contributed by atoms with E-state index < -0.39 is 17.7 Å². The van der Waals surface area contributed by atoms with Crippen LogP contribution >= 0.6 is 15.9 Å². The van der Waals surface area contributed by atoms with Crippen LogP contribution in [0.5, 0.6) is 0 Å². The Bertz CT molecular complexity index is 1040. The van der Waals surface area contributed by atoms with E-state index in [1.807, 2.05) is 43.3 Å². The molecule has 0 spiro atoms. The summed E-state index contributed by atoms with van der Waals surface area (Å²) in [6, 6.07) is 14.4. The van der Waals surface area contributed by atoms with E-state index in [0.717, 1.165) is 67.3 Å². The molecule has 1 heterocycles. The lowest BCUT2D eigenvalue weighted by Crippen LogP contribution is -2.34. The molecule has 2 aromatic rings. The maximum absolute atomic E-state index is 13.2. The molecule has 1 aliphatic heterocycles. The summed E-state index contributed by atoms with van der Waals surface area (Å²) in [5, 5.41) is 11.2. The van der Waals surface area contributed by atoms with Gasteiger partial charge in [0.05, 0.1) is 11.6 Å². The molecule has 6 heteroatoms. The van der Waals surface area contributed by atoms with Crippen LogP contribution < -0.4 is 0 Å². The van der Waals surface area contributed by atoms with Gasteiger partial charge in [-0.2, -0.15) is 0 Å². The van der Waals surface area contributed by atoms with Crippen molar-refractivity contribution < 1.29 is 14.7 Å². The summed E-state index contributed by atoms with van der Waals surface area (Å²) in [6.07, 6.45) is 5.39. The van der Waals surface area contributed by atoms with Gasteiger partial charge in [0.25, 0.3) is 11.7 Å². The summed E-state index contributed by atoms with van der Waals surface area (Å²) in [6.45, 7) is 9.81. The first-order valence-corrected chi connectivity index (χ1v) is 13.5. The van der Waals surface area contributed by atoms with E-state index in [1.54, 1.807) is 17.0 Å². The maximum Gasteiger partial charge on any atom is 0.295 e. The summed E-state index contributed by atoms with van der Waals surface area (Å²) < 4.78 is 0.862. The Hall–Kier alpha value is -2.44. The largest absolute Gasteiger partial charge is 0.507 e. The van der Waals surface area contributed by atoms with Crippen molar-refractivity contribution >= 4 is 33.4 Å². The van der Waals surface area contributed by atoms with Crippen LogP contribution in [0, 0.1) is 6.92 Å². The highest BCUT2D eigenvalue weighted by molar-refractivity contribution is 9.10. The molecule has 0 unspecified atom stereocenters. The Labute approximate surface area is 218 Å². The van der Waals surface area contributed by atoms with Crippen LogP contribution in [0.3, 0.4) is 0 Å². The van der Waals surface area contributed by atoms with Gasteiger partial charge in [-0.05, 0) is 63.5 Å². The van der Waals surface area contributed by atoms with Gasteiger partial charge in [0.15, 0.2) is 0 Å². The second-order valence-electron chi connectivity index (χ2n) is 9.32. The number of likely N-dealkylation sites (tertiary alicyclic amines) is 1. The van der Waals surface area contributed by atoms with Crippen LogP contribution in [0.4, 0.5) is 0 Å². The molecular formula is C29H37BrN2O3. The number of unbranched alkanes of at least 4 members (excludes halogenated alkanes) is 2. The average Bonchev–Trinajstić information content (AvgIpc) is 3.10. The Morgan fingerprint density at radius 1 is 0.971 bits per heavy atom. The highest BCUT2D eigenvalue weighted by Gasteiger charge is 2.45. The number of hydrogen-bond acceptors (Lipinski definition) is 4.